The number of fused-ring (bicyclic) bond motifs is 3. The van der Waals surface area contributed by atoms with E-state index in [-0.39, 0.29) is 5.91 Å². The van der Waals surface area contributed by atoms with E-state index in [1.54, 1.807) is 12.3 Å². The zero-order valence-electron chi connectivity index (χ0n) is 16.5. The van der Waals surface area contributed by atoms with Gasteiger partial charge in [0.15, 0.2) is 0 Å². The number of benzene rings is 1. The van der Waals surface area contributed by atoms with Crippen LogP contribution in [0.5, 0.6) is 0 Å². The van der Waals surface area contributed by atoms with Gasteiger partial charge in [0.2, 0.25) is 5.65 Å². The van der Waals surface area contributed by atoms with Crippen LogP contribution in [0.1, 0.15) is 53.6 Å². The van der Waals surface area contributed by atoms with Gasteiger partial charge in [-0.25, -0.2) is 4.98 Å². The van der Waals surface area contributed by atoms with Crippen molar-refractivity contribution in [1.82, 2.24) is 24.7 Å². The molecule has 29 heavy (non-hydrogen) atoms. The molecule has 1 N–H and O–H groups in total. The Labute approximate surface area is 168 Å². The first kappa shape index (κ1) is 17.7. The molecule has 4 aromatic rings. The van der Waals surface area contributed by atoms with E-state index >= 15 is 0 Å². The van der Waals surface area contributed by atoms with Gasteiger partial charge in [-0.05, 0) is 57.0 Å². The smallest absolute Gasteiger partial charge is 0.255 e. The second-order valence-corrected chi connectivity index (χ2v) is 7.71. The van der Waals surface area contributed by atoms with Gasteiger partial charge in [-0.3, -0.25) is 9.78 Å². The van der Waals surface area contributed by atoms with Crippen LogP contribution in [0.15, 0.2) is 36.5 Å². The molecule has 7 nitrogen and oxygen atoms in total. The van der Waals surface area contributed by atoms with Crippen molar-refractivity contribution in [3.05, 3.63) is 53.6 Å². The highest BCUT2D eigenvalue weighted by Crippen LogP contribution is 2.35. The van der Waals surface area contributed by atoms with E-state index in [1.165, 1.54) is 12.8 Å². The van der Waals surface area contributed by atoms with Crippen LogP contribution in [0, 0.1) is 13.8 Å². The Hall–Kier alpha value is -3.35. The number of hydrogen-bond donors (Lipinski definition) is 1. The molecular weight excluding hydrogens is 364 g/mol. The van der Waals surface area contributed by atoms with Crippen LogP contribution >= 0.6 is 0 Å². The number of nitrogens with one attached hydrogen (secondary N) is 1. The predicted octanol–water partition coefficient (Wildman–Crippen LogP) is 4.36. The minimum atomic E-state index is -0.175. The maximum Gasteiger partial charge on any atom is 0.255 e. The van der Waals surface area contributed by atoms with Gasteiger partial charge in [0, 0.05) is 22.7 Å². The number of anilines is 1. The normalized spacial score (nSPS) is 14.7. The van der Waals surface area contributed by atoms with Gasteiger partial charge in [0.05, 0.1) is 22.9 Å². The summed E-state index contributed by atoms with van der Waals surface area (Å²) in [6.07, 6.45) is 6.43. The number of imidazole rings is 1. The van der Waals surface area contributed by atoms with Crippen molar-refractivity contribution < 1.29 is 4.79 Å². The van der Waals surface area contributed by atoms with Gasteiger partial charge < -0.3 is 9.88 Å². The van der Waals surface area contributed by atoms with Gasteiger partial charge in [-0.1, -0.05) is 12.8 Å². The number of pyridine rings is 1. The molecule has 1 saturated carbocycles. The second kappa shape index (κ2) is 6.92. The first-order valence-corrected chi connectivity index (χ1v) is 9.99. The molecule has 0 radical (unpaired) electrons. The fourth-order valence-electron chi connectivity index (χ4n) is 4.26. The Bertz CT molecular complexity index is 1220. The maximum atomic E-state index is 12.8. The summed E-state index contributed by atoms with van der Waals surface area (Å²) in [5.74, 6) is 0.778. The van der Waals surface area contributed by atoms with Crippen molar-refractivity contribution in [2.24, 2.45) is 0 Å². The first-order valence-electron chi connectivity index (χ1n) is 9.99. The number of nitrogens with zero attached hydrogens (tertiary/aromatic N) is 5. The predicted molar refractivity (Wildman–Crippen MR) is 112 cm³/mol. The van der Waals surface area contributed by atoms with Crippen LogP contribution in [-0.4, -0.2) is 30.6 Å². The summed E-state index contributed by atoms with van der Waals surface area (Å²) in [5, 5.41) is 12.5. The van der Waals surface area contributed by atoms with Crippen LogP contribution in [0.3, 0.4) is 0 Å². The summed E-state index contributed by atoms with van der Waals surface area (Å²) in [4.78, 5) is 21.7. The Balaban J connectivity index is 1.60. The molecule has 0 spiro atoms. The lowest BCUT2D eigenvalue weighted by atomic mass is 10.1. The zero-order valence-corrected chi connectivity index (χ0v) is 16.5. The highest BCUT2D eigenvalue weighted by molar-refractivity contribution is 6.09. The average molecular weight is 386 g/mol. The van der Waals surface area contributed by atoms with Gasteiger partial charge in [-0.15, -0.1) is 10.2 Å². The largest absolute Gasteiger partial charge is 0.323 e. The Morgan fingerprint density at radius 3 is 2.69 bits per heavy atom. The lowest BCUT2D eigenvalue weighted by Crippen LogP contribution is -2.12. The molecule has 1 aliphatic carbocycles. The molecule has 5 rings (SSSR count). The fourth-order valence-corrected chi connectivity index (χ4v) is 4.26. The van der Waals surface area contributed by atoms with Crippen molar-refractivity contribution in [3.8, 4) is 0 Å². The topological polar surface area (TPSA) is 85.6 Å². The molecule has 146 valence electrons. The summed E-state index contributed by atoms with van der Waals surface area (Å²) in [7, 11) is 0. The number of aromatic nitrogens is 5. The summed E-state index contributed by atoms with van der Waals surface area (Å²) in [6, 6.07) is 9.69. The summed E-state index contributed by atoms with van der Waals surface area (Å²) in [5.41, 5.74) is 4.54. The Morgan fingerprint density at radius 1 is 1.10 bits per heavy atom. The second-order valence-electron chi connectivity index (χ2n) is 7.71. The van der Waals surface area contributed by atoms with Crippen molar-refractivity contribution >= 4 is 33.7 Å². The van der Waals surface area contributed by atoms with E-state index in [9.17, 15) is 4.79 Å². The third kappa shape index (κ3) is 3.12. The standard InChI is InChI=1S/C22H22N6O/c1-13-7-9-16(12-23-13)25-22(29)15-8-10-19-18(11-15)20-21(27-26-19)24-14(2)28(20)17-5-3-4-6-17/h7-12,17H,3-6H2,1-2H3,(H,25,29). The molecule has 0 bridgehead atoms. The fraction of sp³-hybridized carbons (Fsp3) is 0.318. The van der Waals surface area contributed by atoms with E-state index in [1.807, 2.05) is 38.1 Å². The van der Waals surface area contributed by atoms with Crippen molar-refractivity contribution in [2.75, 3.05) is 5.32 Å². The highest BCUT2D eigenvalue weighted by Gasteiger charge is 2.23. The SMILES string of the molecule is Cc1ccc(NC(=O)c2ccc3nnc4nc(C)n(C5CCCC5)c4c3c2)cn1. The van der Waals surface area contributed by atoms with Crippen LogP contribution in [0.25, 0.3) is 22.1 Å². The van der Waals surface area contributed by atoms with Crippen molar-refractivity contribution in [3.63, 3.8) is 0 Å². The van der Waals surface area contributed by atoms with Crippen LogP contribution in [0.2, 0.25) is 0 Å². The summed E-state index contributed by atoms with van der Waals surface area (Å²) < 4.78 is 2.30. The monoisotopic (exact) mass is 386 g/mol. The summed E-state index contributed by atoms with van der Waals surface area (Å²) >= 11 is 0. The molecule has 1 aromatic carbocycles. The van der Waals surface area contributed by atoms with Crippen molar-refractivity contribution in [1.29, 1.82) is 0 Å². The quantitative estimate of drug-likeness (QED) is 0.565. The molecule has 1 fully saturated rings. The molecule has 3 heterocycles. The number of rotatable bonds is 3. The van der Waals surface area contributed by atoms with Gasteiger partial charge in [-0.2, -0.15) is 0 Å². The maximum absolute atomic E-state index is 12.8. The minimum absolute atomic E-state index is 0.175. The molecule has 1 amide bonds. The Morgan fingerprint density at radius 2 is 1.93 bits per heavy atom. The number of hydrogen-bond acceptors (Lipinski definition) is 5. The number of carbonyl (C=O) groups excluding carboxylic acids is 1. The van der Waals surface area contributed by atoms with E-state index in [2.05, 4.69) is 30.0 Å². The zero-order chi connectivity index (χ0) is 20.0. The first-order chi connectivity index (χ1) is 14.1. The van der Waals surface area contributed by atoms with Gasteiger partial charge >= 0.3 is 0 Å². The van der Waals surface area contributed by atoms with E-state index in [0.717, 1.165) is 40.8 Å². The highest BCUT2D eigenvalue weighted by atomic mass is 16.1. The molecule has 0 aliphatic heterocycles. The lowest BCUT2D eigenvalue weighted by molar-refractivity contribution is 0.102. The molecule has 0 atom stereocenters. The van der Waals surface area contributed by atoms with Crippen LogP contribution in [-0.2, 0) is 0 Å². The average Bonchev–Trinajstić information content (AvgIpc) is 3.36. The van der Waals surface area contributed by atoms with Crippen LogP contribution < -0.4 is 5.32 Å². The molecular formula is C22H22N6O. The molecule has 1 aliphatic rings. The number of amides is 1. The summed E-state index contributed by atoms with van der Waals surface area (Å²) in [6.45, 7) is 3.93. The van der Waals surface area contributed by atoms with Crippen LogP contribution in [0.4, 0.5) is 5.69 Å². The molecule has 7 heteroatoms. The minimum Gasteiger partial charge on any atom is -0.323 e. The van der Waals surface area contributed by atoms with Gasteiger partial charge in [0.1, 0.15) is 5.82 Å². The van der Waals surface area contributed by atoms with E-state index in [0.29, 0.717) is 22.9 Å². The number of aryl methyl sites for hydroxylation is 2. The molecule has 3 aromatic heterocycles. The molecule has 0 saturated heterocycles. The third-order valence-electron chi connectivity index (χ3n) is 5.69. The lowest BCUT2D eigenvalue weighted by Gasteiger charge is -2.15. The number of carbonyl (C=O) groups is 1. The third-order valence-corrected chi connectivity index (χ3v) is 5.69. The van der Waals surface area contributed by atoms with Crippen molar-refractivity contribution in [2.45, 2.75) is 45.6 Å². The van der Waals surface area contributed by atoms with Gasteiger partial charge in [0.25, 0.3) is 5.91 Å². The van der Waals surface area contributed by atoms with E-state index in [4.69, 9.17) is 0 Å². The van der Waals surface area contributed by atoms with E-state index < -0.39 is 0 Å². The Kier molecular flexibility index (Phi) is 4.23. The molecule has 0 unspecified atom stereocenters.